The van der Waals surface area contributed by atoms with Crippen molar-refractivity contribution in [2.24, 2.45) is 0 Å². The number of nitrogens with zero attached hydrogens (tertiary/aromatic N) is 1. The summed E-state index contributed by atoms with van der Waals surface area (Å²) in [7, 11) is 2.46. The van der Waals surface area contributed by atoms with Gasteiger partial charge in [-0.05, 0) is 13.0 Å². The number of pyridine rings is 1. The van der Waals surface area contributed by atoms with Crippen LogP contribution < -0.4 is 4.74 Å². The van der Waals surface area contributed by atoms with Crippen molar-refractivity contribution in [2.75, 3.05) is 7.11 Å². The van der Waals surface area contributed by atoms with Gasteiger partial charge in [0.2, 0.25) is 5.88 Å². The Morgan fingerprint density at radius 3 is 2.47 bits per heavy atom. The number of ether oxygens (including phenoxy) is 1. The van der Waals surface area contributed by atoms with Crippen LogP contribution in [-0.4, -0.2) is 26.3 Å². The van der Waals surface area contributed by atoms with E-state index in [2.05, 4.69) is 4.98 Å². The molecule has 0 radical (unpaired) electrons. The van der Waals surface area contributed by atoms with Gasteiger partial charge in [0, 0.05) is 22.3 Å². The van der Waals surface area contributed by atoms with E-state index in [0.717, 1.165) is 6.07 Å². The van der Waals surface area contributed by atoms with Crippen LogP contribution in [0.4, 0.5) is 0 Å². The molecule has 0 aromatic carbocycles. The maximum Gasteiger partial charge on any atom is 0.278 e. The van der Waals surface area contributed by atoms with E-state index >= 15 is 0 Å². The van der Waals surface area contributed by atoms with Gasteiger partial charge >= 0.3 is 0 Å². The summed E-state index contributed by atoms with van der Waals surface area (Å²) in [4.78, 5) is 14.7. The van der Waals surface area contributed by atoms with Gasteiger partial charge in [-0.15, -0.1) is 0 Å². The number of methoxy groups -OCH3 is 1. The molecular weight excluding hydrogens is 242 g/mol. The molecule has 0 saturated heterocycles. The third kappa shape index (κ3) is 2.90. The number of carbonyl (C=O) groups is 1. The lowest BCUT2D eigenvalue weighted by Crippen LogP contribution is -2.02. The SMILES string of the molecule is COc1cc(C(C)=O)cc(S(=O)(=O)Cl)n1. The summed E-state index contributed by atoms with van der Waals surface area (Å²) in [6.07, 6.45) is 0. The molecular formula is C8H8ClNO4S. The predicted molar refractivity (Wildman–Crippen MR) is 53.8 cm³/mol. The number of aromatic nitrogens is 1. The summed E-state index contributed by atoms with van der Waals surface area (Å²) in [6.45, 7) is 1.30. The molecule has 15 heavy (non-hydrogen) atoms. The highest BCUT2D eigenvalue weighted by molar-refractivity contribution is 8.13. The fraction of sp³-hybridized carbons (Fsp3) is 0.250. The molecule has 1 aromatic heterocycles. The Hall–Kier alpha value is -1.14. The van der Waals surface area contributed by atoms with E-state index in [1.165, 1.54) is 20.1 Å². The van der Waals surface area contributed by atoms with E-state index in [-0.39, 0.29) is 17.2 Å². The normalized spacial score (nSPS) is 11.1. The number of halogens is 1. The van der Waals surface area contributed by atoms with Crippen molar-refractivity contribution in [3.05, 3.63) is 17.7 Å². The molecule has 0 saturated carbocycles. The summed E-state index contributed by atoms with van der Waals surface area (Å²) >= 11 is 0. The molecule has 0 unspecified atom stereocenters. The minimum atomic E-state index is -3.96. The third-order valence-corrected chi connectivity index (χ3v) is 2.83. The molecule has 7 heteroatoms. The van der Waals surface area contributed by atoms with Gasteiger partial charge in [0.15, 0.2) is 10.8 Å². The van der Waals surface area contributed by atoms with Crippen molar-refractivity contribution in [1.82, 2.24) is 4.98 Å². The second kappa shape index (κ2) is 4.16. The van der Waals surface area contributed by atoms with E-state index in [1.807, 2.05) is 0 Å². The molecule has 0 bridgehead atoms. The second-order valence-electron chi connectivity index (χ2n) is 2.73. The number of hydrogen-bond acceptors (Lipinski definition) is 5. The summed E-state index contributed by atoms with van der Waals surface area (Å²) in [6, 6.07) is 2.45. The Balaban J connectivity index is 3.43. The average molecular weight is 250 g/mol. The minimum absolute atomic E-state index is 0.0296. The maximum atomic E-state index is 11.1. The zero-order chi connectivity index (χ0) is 11.6. The zero-order valence-corrected chi connectivity index (χ0v) is 9.59. The molecule has 5 nitrogen and oxygen atoms in total. The number of Topliss-reactive ketones (excluding diaryl/α,β-unsaturated/α-hetero) is 1. The van der Waals surface area contributed by atoms with Crippen molar-refractivity contribution in [1.29, 1.82) is 0 Å². The van der Waals surface area contributed by atoms with Gasteiger partial charge in [0.25, 0.3) is 9.05 Å². The highest BCUT2D eigenvalue weighted by atomic mass is 35.7. The topological polar surface area (TPSA) is 73.3 Å². The molecule has 1 heterocycles. The smallest absolute Gasteiger partial charge is 0.278 e. The molecule has 1 rings (SSSR count). The Morgan fingerprint density at radius 2 is 2.07 bits per heavy atom. The van der Waals surface area contributed by atoms with Crippen LogP contribution in [0.5, 0.6) is 5.88 Å². The molecule has 1 aromatic rings. The van der Waals surface area contributed by atoms with Crippen molar-refractivity contribution in [3.63, 3.8) is 0 Å². The Labute approximate surface area is 91.5 Å². The van der Waals surface area contributed by atoms with Crippen LogP contribution in [0.25, 0.3) is 0 Å². The van der Waals surface area contributed by atoms with Gasteiger partial charge in [0.1, 0.15) is 0 Å². The van der Waals surface area contributed by atoms with Gasteiger partial charge < -0.3 is 4.74 Å². The van der Waals surface area contributed by atoms with Crippen LogP contribution in [-0.2, 0) is 9.05 Å². The molecule has 0 atom stereocenters. The summed E-state index contributed by atoms with van der Waals surface area (Å²) in [5, 5.41) is -0.395. The van der Waals surface area contributed by atoms with E-state index < -0.39 is 14.1 Å². The van der Waals surface area contributed by atoms with Crippen molar-refractivity contribution < 1.29 is 17.9 Å². The van der Waals surface area contributed by atoms with E-state index in [0.29, 0.717) is 0 Å². The Morgan fingerprint density at radius 1 is 1.47 bits per heavy atom. The van der Waals surface area contributed by atoms with Crippen molar-refractivity contribution in [2.45, 2.75) is 11.9 Å². The molecule has 0 aliphatic heterocycles. The molecule has 0 spiro atoms. The molecule has 0 aliphatic carbocycles. The van der Waals surface area contributed by atoms with Crippen molar-refractivity contribution in [3.8, 4) is 5.88 Å². The lowest BCUT2D eigenvalue weighted by Gasteiger charge is -2.03. The van der Waals surface area contributed by atoms with Crippen LogP contribution in [0.1, 0.15) is 17.3 Å². The van der Waals surface area contributed by atoms with Crippen LogP contribution in [0, 0.1) is 0 Å². The lowest BCUT2D eigenvalue weighted by molar-refractivity contribution is 0.101. The quantitative estimate of drug-likeness (QED) is 0.595. The molecule has 0 fully saturated rings. The highest BCUT2D eigenvalue weighted by Gasteiger charge is 2.16. The fourth-order valence-corrected chi connectivity index (χ4v) is 1.62. The van der Waals surface area contributed by atoms with Gasteiger partial charge in [-0.2, -0.15) is 0 Å². The minimum Gasteiger partial charge on any atom is -0.481 e. The third-order valence-electron chi connectivity index (χ3n) is 1.64. The van der Waals surface area contributed by atoms with Crippen LogP contribution in [0.2, 0.25) is 0 Å². The molecule has 0 aliphatic rings. The monoisotopic (exact) mass is 249 g/mol. The van der Waals surface area contributed by atoms with Crippen LogP contribution in [0.3, 0.4) is 0 Å². The summed E-state index contributed by atoms with van der Waals surface area (Å²) in [5.41, 5.74) is 0.182. The number of ketones is 1. The Bertz CT molecular complexity index is 497. The number of hydrogen-bond donors (Lipinski definition) is 0. The van der Waals surface area contributed by atoms with Gasteiger partial charge in [0.05, 0.1) is 7.11 Å². The standard InChI is InChI=1S/C8H8ClNO4S/c1-5(11)6-3-7(14-2)10-8(4-6)15(9,12)13/h3-4H,1-2H3. The van der Waals surface area contributed by atoms with Crippen molar-refractivity contribution >= 4 is 25.5 Å². The van der Waals surface area contributed by atoms with Gasteiger partial charge in [-0.1, -0.05) is 0 Å². The first-order valence-electron chi connectivity index (χ1n) is 3.86. The first-order valence-corrected chi connectivity index (χ1v) is 6.17. The van der Waals surface area contributed by atoms with E-state index in [9.17, 15) is 13.2 Å². The van der Waals surface area contributed by atoms with Crippen LogP contribution >= 0.6 is 10.7 Å². The molecule has 0 amide bonds. The van der Waals surface area contributed by atoms with Gasteiger partial charge in [-0.25, -0.2) is 13.4 Å². The second-order valence-corrected chi connectivity index (χ2v) is 5.24. The number of carbonyl (C=O) groups excluding carboxylic acids is 1. The zero-order valence-electron chi connectivity index (χ0n) is 8.02. The largest absolute Gasteiger partial charge is 0.481 e. The fourth-order valence-electron chi connectivity index (χ4n) is 0.914. The lowest BCUT2D eigenvalue weighted by atomic mass is 10.2. The van der Waals surface area contributed by atoms with Gasteiger partial charge in [-0.3, -0.25) is 4.79 Å². The van der Waals surface area contributed by atoms with E-state index in [1.54, 1.807) is 0 Å². The first kappa shape index (κ1) is 11.9. The van der Waals surface area contributed by atoms with E-state index in [4.69, 9.17) is 15.4 Å². The summed E-state index contributed by atoms with van der Waals surface area (Å²) in [5.74, 6) is -0.265. The number of rotatable bonds is 3. The predicted octanol–water partition coefficient (Wildman–Crippen LogP) is 1.22. The van der Waals surface area contributed by atoms with Crippen LogP contribution in [0.15, 0.2) is 17.2 Å². The molecule has 82 valence electrons. The molecule has 0 N–H and O–H groups in total. The summed E-state index contributed by atoms with van der Waals surface area (Å²) < 4.78 is 26.8. The average Bonchev–Trinajstić information content (AvgIpc) is 2.15. The highest BCUT2D eigenvalue weighted by Crippen LogP contribution is 2.19. The maximum absolute atomic E-state index is 11.1. The Kier molecular flexibility index (Phi) is 3.31. The first-order chi connectivity index (χ1) is 6.84.